The largest absolute Gasteiger partial charge is 0.435 e. The first-order chi connectivity index (χ1) is 8.65. The maximum Gasteiger partial charge on any atom is 0.251 e. The lowest BCUT2D eigenvalue weighted by Crippen LogP contribution is -2.11. The quantitative estimate of drug-likeness (QED) is 0.737. The Morgan fingerprint density at radius 1 is 1.33 bits per heavy atom. The van der Waals surface area contributed by atoms with E-state index >= 15 is 0 Å². The molecule has 6 heteroatoms. The number of carbonyl (C=O) groups is 1. The summed E-state index contributed by atoms with van der Waals surface area (Å²) < 4.78 is 5.59. The Kier molecular flexibility index (Phi) is 2.31. The molecule has 0 aliphatic heterocycles. The standard InChI is InChI=1S/C12H9N3O2S/c13-10(16)6-5-9(18-11(6)14)12-15-7-3-1-2-4-8(7)17-12/h1-5H,14H2,(H2,13,16). The Balaban J connectivity index is 2.14. The zero-order valence-electron chi connectivity index (χ0n) is 9.21. The first kappa shape index (κ1) is 10.8. The number of anilines is 1. The molecule has 3 aromatic rings. The van der Waals surface area contributed by atoms with Crippen LogP contribution < -0.4 is 11.5 Å². The maximum atomic E-state index is 11.1. The van der Waals surface area contributed by atoms with E-state index in [1.165, 1.54) is 11.3 Å². The van der Waals surface area contributed by atoms with Crippen molar-refractivity contribution in [3.05, 3.63) is 35.9 Å². The van der Waals surface area contributed by atoms with Crippen molar-refractivity contribution in [1.82, 2.24) is 4.98 Å². The highest BCUT2D eigenvalue weighted by Gasteiger charge is 2.16. The number of nitrogens with two attached hydrogens (primary N) is 2. The Bertz CT molecular complexity index is 712. The van der Waals surface area contributed by atoms with E-state index in [0.29, 0.717) is 26.9 Å². The predicted octanol–water partition coefficient (Wildman–Crippen LogP) is 2.24. The Morgan fingerprint density at radius 2 is 2.11 bits per heavy atom. The summed E-state index contributed by atoms with van der Waals surface area (Å²) in [5.74, 6) is -0.105. The second-order valence-corrected chi connectivity index (χ2v) is 4.82. The Morgan fingerprint density at radius 3 is 2.78 bits per heavy atom. The molecule has 0 fully saturated rings. The summed E-state index contributed by atoms with van der Waals surface area (Å²) in [5, 5.41) is 0.375. The van der Waals surface area contributed by atoms with E-state index in [0.717, 1.165) is 5.52 Å². The topological polar surface area (TPSA) is 95.1 Å². The molecule has 2 aromatic heterocycles. The number of hydrogen-bond acceptors (Lipinski definition) is 5. The van der Waals surface area contributed by atoms with Crippen molar-refractivity contribution in [3.63, 3.8) is 0 Å². The van der Waals surface area contributed by atoms with Gasteiger partial charge in [-0.2, -0.15) is 0 Å². The zero-order chi connectivity index (χ0) is 12.7. The summed E-state index contributed by atoms with van der Waals surface area (Å²) in [7, 11) is 0. The summed E-state index contributed by atoms with van der Waals surface area (Å²) in [5.41, 5.74) is 12.7. The van der Waals surface area contributed by atoms with Gasteiger partial charge in [0.05, 0.1) is 15.4 Å². The zero-order valence-corrected chi connectivity index (χ0v) is 10.0. The van der Waals surface area contributed by atoms with Crippen molar-refractivity contribution < 1.29 is 9.21 Å². The average molecular weight is 259 g/mol. The number of aromatic nitrogens is 1. The smallest absolute Gasteiger partial charge is 0.251 e. The number of thiophene rings is 1. The van der Waals surface area contributed by atoms with Crippen molar-refractivity contribution in [2.45, 2.75) is 0 Å². The van der Waals surface area contributed by atoms with Crippen LogP contribution in [0.1, 0.15) is 10.4 Å². The third kappa shape index (κ3) is 1.63. The lowest BCUT2D eigenvalue weighted by Gasteiger charge is -1.88. The fraction of sp³-hybridized carbons (Fsp3) is 0. The fourth-order valence-corrected chi connectivity index (χ4v) is 2.54. The number of hydrogen-bond donors (Lipinski definition) is 2. The summed E-state index contributed by atoms with van der Waals surface area (Å²) in [6.07, 6.45) is 0. The van der Waals surface area contributed by atoms with E-state index < -0.39 is 5.91 Å². The van der Waals surface area contributed by atoms with E-state index in [9.17, 15) is 4.79 Å². The van der Waals surface area contributed by atoms with Gasteiger partial charge in [0.2, 0.25) is 5.89 Å². The number of amides is 1. The van der Waals surface area contributed by atoms with Crippen LogP contribution >= 0.6 is 11.3 Å². The van der Waals surface area contributed by atoms with Crippen LogP contribution in [-0.4, -0.2) is 10.9 Å². The van der Waals surface area contributed by atoms with E-state index in [2.05, 4.69) is 4.98 Å². The van der Waals surface area contributed by atoms with Crippen molar-refractivity contribution in [1.29, 1.82) is 0 Å². The lowest BCUT2D eigenvalue weighted by molar-refractivity contribution is 0.100. The Labute approximate surface area is 106 Å². The van der Waals surface area contributed by atoms with Crippen molar-refractivity contribution in [2.75, 3.05) is 5.73 Å². The average Bonchev–Trinajstić information content (AvgIpc) is 2.91. The molecule has 0 radical (unpaired) electrons. The fourth-order valence-electron chi connectivity index (χ4n) is 1.68. The van der Waals surface area contributed by atoms with Gasteiger partial charge in [-0.05, 0) is 18.2 Å². The number of oxazole rings is 1. The second-order valence-electron chi connectivity index (χ2n) is 3.74. The summed E-state index contributed by atoms with van der Waals surface area (Å²) in [6, 6.07) is 9.04. The van der Waals surface area contributed by atoms with Gasteiger partial charge in [0, 0.05) is 0 Å². The number of benzene rings is 1. The summed E-state index contributed by atoms with van der Waals surface area (Å²) >= 11 is 1.23. The molecule has 90 valence electrons. The third-order valence-corrected chi connectivity index (χ3v) is 3.48. The SMILES string of the molecule is NC(=O)c1cc(-c2nc3ccccc3o2)sc1N. The molecule has 0 bridgehead atoms. The molecular formula is C12H9N3O2S. The van der Waals surface area contributed by atoms with Gasteiger partial charge >= 0.3 is 0 Å². The molecule has 1 amide bonds. The number of primary amides is 1. The molecule has 0 unspecified atom stereocenters. The number of carbonyl (C=O) groups excluding carboxylic acids is 1. The molecule has 0 aliphatic rings. The number of nitrogens with zero attached hydrogens (tertiary/aromatic N) is 1. The molecule has 0 spiro atoms. The Hall–Kier alpha value is -2.34. The monoisotopic (exact) mass is 259 g/mol. The molecular weight excluding hydrogens is 250 g/mol. The minimum Gasteiger partial charge on any atom is -0.435 e. The van der Waals surface area contributed by atoms with Crippen LogP contribution in [0.4, 0.5) is 5.00 Å². The molecule has 0 aliphatic carbocycles. The minimum atomic E-state index is -0.550. The van der Waals surface area contributed by atoms with Gasteiger partial charge in [0.15, 0.2) is 5.58 Å². The van der Waals surface area contributed by atoms with Crippen LogP contribution in [0, 0.1) is 0 Å². The van der Waals surface area contributed by atoms with Crippen LogP contribution in [-0.2, 0) is 0 Å². The van der Waals surface area contributed by atoms with Gasteiger partial charge in [-0.3, -0.25) is 4.79 Å². The predicted molar refractivity (Wildman–Crippen MR) is 70.3 cm³/mol. The highest BCUT2D eigenvalue weighted by molar-refractivity contribution is 7.19. The lowest BCUT2D eigenvalue weighted by atomic mass is 10.3. The molecule has 0 atom stereocenters. The van der Waals surface area contributed by atoms with E-state index in [4.69, 9.17) is 15.9 Å². The molecule has 0 saturated carbocycles. The van der Waals surface area contributed by atoms with E-state index in [-0.39, 0.29) is 0 Å². The number of rotatable bonds is 2. The molecule has 4 N–H and O–H groups in total. The summed E-state index contributed by atoms with van der Waals surface area (Å²) in [6.45, 7) is 0. The molecule has 18 heavy (non-hydrogen) atoms. The van der Waals surface area contributed by atoms with Crippen LogP contribution in [0.25, 0.3) is 21.9 Å². The number of para-hydroxylation sites is 2. The van der Waals surface area contributed by atoms with E-state index in [1.807, 2.05) is 24.3 Å². The molecule has 0 saturated heterocycles. The van der Waals surface area contributed by atoms with Gasteiger partial charge in [-0.1, -0.05) is 12.1 Å². The van der Waals surface area contributed by atoms with Crippen LogP contribution in [0.2, 0.25) is 0 Å². The van der Waals surface area contributed by atoms with Crippen molar-refractivity contribution in [2.24, 2.45) is 5.73 Å². The third-order valence-electron chi connectivity index (χ3n) is 2.53. The first-order valence-electron chi connectivity index (χ1n) is 5.20. The van der Waals surface area contributed by atoms with Gasteiger partial charge in [0.1, 0.15) is 5.52 Å². The van der Waals surface area contributed by atoms with Gasteiger partial charge in [-0.15, -0.1) is 11.3 Å². The van der Waals surface area contributed by atoms with Crippen LogP contribution in [0.15, 0.2) is 34.7 Å². The molecule has 5 nitrogen and oxygen atoms in total. The van der Waals surface area contributed by atoms with Gasteiger partial charge in [0.25, 0.3) is 5.91 Å². The maximum absolute atomic E-state index is 11.1. The molecule has 2 heterocycles. The molecule has 1 aromatic carbocycles. The van der Waals surface area contributed by atoms with E-state index in [1.54, 1.807) is 6.07 Å². The molecule has 3 rings (SSSR count). The van der Waals surface area contributed by atoms with Crippen LogP contribution in [0.3, 0.4) is 0 Å². The van der Waals surface area contributed by atoms with Gasteiger partial charge in [-0.25, -0.2) is 4.98 Å². The first-order valence-corrected chi connectivity index (χ1v) is 6.02. The van der Waals surface area contributed by atoms with Gasteiger partial charge < -0.3 is 15.9 Å². The second kappa shape index (κ2) is 3.85. The van der Waals surface area contributed by atoms with Crippen LogP contribution in [0.5, 0.6) is 0 Å². The van der Waals surface area contributed by atoms with Crippen molar-refractivity contribution in [3.8, 4) is 10.8 Å². The number of fused-ring (bicyclic) bond motifs is 1. The highest BCUT2D eigenvalue weighted by Crippen LogP contribution is 2.34. The summed E-state index contributed by atoms with van der Waals surface area (Å²) in [4.78, 5) is 16.2. The highest BCUT2D eigenvalue weighted by atomic mass is 32.1. The normalized spacial score (nSPS) is 10.9. The number of nitrogen functional groups attached to an aromatic ring is 1. The van der Waals surface area contributed by atoms with Crippen molar-refractivity contribution >= 4 is 33.3 Å². The minimum absolute atomic E-state index is 0.303.